The minimum Gasteiger partial charge on any atom is -0.482 e. The molecule has 0 aliphatic rings. The standard InChI is InChI=1S/C12H11BrClN3O3/c1-7-9(12(14)16(2)15-7)6-20-11-4-3-8(13)5-10(11)17(18)19/h3-5H,6H2,1-2H3. The highest BCUT2D eigenvalue weighted by atomic mass is 79.9. The average Bonchev–Trinajstić information content (AvgIpc) is 2.62. The van der Waals surface area contributed by atoms with Crippen LogP contribution in [0.4, 0.5) is 5.69 Å². The fourth-order valence-corrected chi connectivity index (χ4v) is 2.32. The SMILES string of the molecule is Cc1nn(C)c(Cl)c1COc1ccc(Br)cc1[N+](=O)[O-]. The van der Waals surface area contributed by atoms with E-state index in [1.54, 1.807) is 26.1 Å². The average molecular weight is 361 g/mol. The van der Waals surface area contributed by atoms with Crippen LogP contribution in [0.3, 0.4) is 0 Å². The van der Waals surface area contributed by atoms with Gasteiger partial charge in [-0.25, -0.2) is 0 Å². The fourth-order valence-electron chi connectivity index (χ4n) is 1.74. The number of aromatic nitrogens is 2. The van der Waals surface area contributed by atoms with Gasteiger partial charge < -0.3 is 4.74 Å². The Bertz CT molecular complexity index is 672. The molecule has 0 aliphatic heterocycles. The third kappa shape index (κ3) is 2.94. The van der Waals surface area contributed by atoms with Gasteiger partial charge in [0, 0.05) is 23.2 Å². The summed E-state index contributed by atoms with van der Waals surface area (Å²) < 4.78 is 7.67. The molecule has 0 saturated carbocycles. The van der Waals surface area contributed by atoms with Crippen molar-refractivity contribution >= 4 is 33.2 Å². The van der Waals surface area contributed by atoms with Gasteiger partial charge in [0.05, 0.1) is 10.6 Å². The molecule has 0 radical (unpaired) electrons. The molecule has 0 saturated heterocycles. The number of hydrogen-bond donors (Lipinski definition) is 0. The number of aryl methyl sites for hydroxylation is 2. The number of hydrogen-bond acceptors (Lipinski definition) is 4. The zero-order chi connectivity index (χ0) is 14.9. The third-order valence-corrected chi connectivity index (χ3v) is 3.73. The molecule has 6 nitrogen and oxygen atoms in total. The van der Waals surface area contributed by atoms with E-state index in [-0.39, 0.29) is 18.0 Å². The lowest BCUT2D eigenvalue weighted by Gasteiger charge is -2.07. The normalized spacial score (nSPS) is 10.6. The van der Waals surface area contributed by atoms with E-state index in [0.717, 1.165) is 5.69 Å². The Labute approximate surface area is 128 Å². The lowest BCUT2D eigenvalue weighted by atomic mass is 10.2. The number of benzene rings is 1. The van der Waals surface area contributed by atoms with Gasteiger partial charge in [-0.1, -0.05) is 27.5 Å². The number of halogens is 2. The summed E-state index contributed by atoms with van der Waals surface area (Å²) in [5.41, 5.74) is 1.35. The highest BCUT2D eigenvalue weighted by Gasteiger charge is 2.18. The van der Waals surface area contributed by atoms with Crippen LogP contribution < -0.4 is 4.74 Å². The molecule has 2 aromatic rings. The summed E-state index contributed by atoms with van der Waals surface area (Å²) in [5.74, 6) is 0.192. The first-order valence-corrected chi connectivity index (χ1v) is 6.82. The van der Waals surface area contributed by atoms with Gasteiger partial charge in [-0.05, 0) is 19.1 Å². The van der Waals surface area contributed by atoms with Crippen LogP contribution in [0.15, 0.2) is 22.7 Å². The van der Waals surface area contributed by atoms with Crippen molar-refractivity contribution in [3.8, 4) is 5.75 Å². The monoisotopic (exact) mass is 359 g/mol. The first kappa shape index (κ1) is 14.8. The molecule has 106 valence electrons. The summed E-state index contributed by atoms with van der Waals surface area (Å²) in [5, 5.41) is 15.6. The molecule has 8 heteroatoms. The van der Waals surface area contributed by atoms with Gasteiger partial charge in [-0.2, -0.15) is 5.10 Å². The van der Waals surface area contributed by atoms with Gasteiger partial charge >= 0.3 is 5.69 Å². The highest BCUT2D eigenvalue weighted by Crippen LogP contribution is 2.31. The summed E-state index contributed by atoms with van der Waals surface area (Å²) in [4.78, 5) is 10.5. The van der Waals surface area contributed by atoms with E-state index in [1.807, 2.05) is 0 Å². The maximum Gasteiger partial charge on any atom is 0.312 e. The zero-order valence-electron chi connectivity index (χ0n) is 10.8. The van der Waals surface area contributed by atoms with Crippen molar-refractivity contribution in [2.75, 3.05) is 0 Å². The van der Waals surface area contributed by atoms with Crippen molar-refractivity contribution in [2.45, 2.75) is 13.5 Å². The minimum atomic E-state index is -0.488. The van der Waals surface area contributed by atoms with Crippen LogP contribution in [0.5, 0.6) is 5.75 Å². The molecular formula is C12H11BrClN3O3. The number of ether oxygens (including phenoxy) is 1. The molecule has 0 unspecified atom stereocenters. The Morgan fingerprint density at radius 1 is 1.55 bits per heavy atom. The zero-order valence-corrected chi connectivity index (χ0v) is 13.1. The summed E-state index contributed by atoms with van der Waals surface area (Å²) in [7, 11) is 1.72. The van der Waals surface area contributed by atoms with Crippen LogP contribution in [-0.4, -0.2) is 14.7 Å². The summed E-state index contributed by atoms with van der Waals surface area (Å²) in [6.07, 6.45) is 0. The molecule has 1 aromatic heterocycles. The Morgan fingerprint density at radius 2 is 2.25 bits per heavy atom. The molecule has 0 spiro atoms. The molecule has 1 heterocycles. The largest absolute Gasteiger partial charge is 0.482 e. The quantitative estimate of drug-likeness (QED) is 0.616. The summed E-state index contributed by atoms with van der Waals surface area (Å²) in [6, 6.07) is 4.62. The first-order chi connectivity index (χ1) is 9.40. The molecule has 0 N–H and O–H groups in total. The number of nitro benzene ring substituents is 1. The van der Waals surface area contributed by atoms with Crippen molar-refractivity contribution < 1.29 is 9.66 Å². The van der Waals surface area contributed by atoms with Gasteiger partial charge in [0.1, 0.15) is 11.8 Å². The van der Waals surface area contributed by atoms with Gasteiger partial charge in [0.15, 0.2) is 5.75 Å². The van der Waals surface area contributed by atoms with Crippen molar-refractivity contribution in [3.05, 3.63) is 49.2 Å². The van der Waals surface area contributed by atoms with E-state index in [1.165, 1.54) is 10.7 Å². The van der Waals surface area contributed by atoms with Gasteiger partial charge in [0.2, 0.25) is 0 Å². The Kier molecular flexibility index (Phi) is 4.29. The molecular weight excluding hydrogens is 350 g/mol. The highest BCUT2D eigenvalue weighted by molar-refractivity contribution is 9.10. The molecule has 0 aliphatic carbocycles. The van der Waals surface area contributed by atoms with Gasteiger partial charge in [-0.3, -0.25) is 14.8 Å². The number of rotatable bonds is 4. The molecule has 0 fully saturated rings. The molecule has 1 aromatic carbocycles. The van der Waals surface area contributed by atoms with Gasteiger partial charge in [0.25, 0.3) is 0 Å². The maximum atomic E-state index is 11.0. The second kappa shape index (κ2) is 5.80. The van der Waals surface area contributed by atoms with Crippen LogP contribution in [0.2, 0.25) is 5.15 Å². The van der Waals surface area contributed by atoms with Crippen LogP contribution in [0.1, 0.15) is 11.3 Å². The van der Waals surface area contributed by atoms with Crippen molar-refractivity contribution in [2.24, 2.45) is 7.05 Å². The smallest absolute Gasteiger partial charge is 0.312 e. The third-order valence-electron chi connectivity index (χ3n) is 2.76. The van der Waals surface area contributed by atoms with E-state index in [4.69, 9.17) is 16.3 Å². The lowest BCUT2D eigenvalue weighted by molar-refractivity contribution is -0.386. The maximum absolute atomic E-state index is 11.0. The summed E-state index contributed by atoms with van der Waals surface area (Å²) in [6.45, 7) is 1.93. The predicted molar refractivity (Wildman–Crippen MR) is 78.1 cm³/mol. The van der Waals surface area contributed by atoms with Crippen molar-refractivity contribution in [1.29, 1.82) is 0 Å². The fraction of sp³-hybridized carbons (Fsp3) is 0.250. The van der Waals surface area contributed by atoms with Gasteiger partial charge in [-0.15, -0.1) is 0 Å². The lowest BCUT2D eigenvalue weighted by Crippen LogP contribution is -2.00. The van der Waals surface area contributed by atoms with E-state index in [9.17, 15) is 10.1 Å². The molecule has 20 heavy (non-hydrogen) atoms. The van der Waals surface area contributed by atoms with Crippen LogP contribution in [0.25, 0.3) is 0 Å². The van der Waals surface area contributed by atoms with E-state index in [0.29, 0.717) is 15.2 Å². The van der Waals surface area contributed by atoms with E-state index < -0.39 is 4.92 Å². The number of nitrogens with zero attached hydrogens (tertiary/aromatic N) is 3. The van der Waals surface area contributed by atoms with Crippen LogP contribution in [-0.2, 0) is 13.7 Å². The first-order valence-electron chi connectivity index (χ1n) is 5.65. The van der Waals surface area contributed by atoms with E-state index >= 15 is 0 Å². The summed E-state index contributed by atoms with van der Waals surface area (Å²) >= 11 is 9.28. The Morgan fingerprint density at radius 3 is 2.80 bits per heavy atom. The Hall–Kier alpha value is -1.60. The second-order valence-electron chi connectivity index (χ2n) is 4.14. The number of nitro groups is 1. The van der Waals surface area contributed by atoms with Crippen molar-refractivity contribution in [3.63, 3.8) is 0 Å². The topological polar surface area (TPSA) is 70.2 Å². The second-order valence-corrected chi connectivity index (χ2v) is 5.41. The Balaban J connectivity index is 2.25. The predicted octanol–water partition coefficient (Wildman–Crippen LogP) is 3.63. The minimum absolute atomic E-state index is 0.1000. The van der Waals surface area contributed by atoms with Crippen LogP contribution >= 0.6 is 27.5 Å². The van der Waals surface area contributed by atoms with Crippen molar-refractivity contribution in [1.82, 2.24) is 9.78 Å². The van der Waals surface area contributed by atoms with E-state index in [2.05, 4.69) is 21.0 Å². The molecule has 0 bridgehead atoms. The molecule has 0 atom stereocenters. The van der Waals surface area contributed by atoms with Crippen LogP contribution in [0, 0.1) is 17.0 Å². The molecule has 2 rings (SSSR count). The molecule has 0 amide bonds.